The fourth-order valence-electron chi connectivity index (χ4n) is 7.26. The van der Waals surface area contributed by atoms with Gasteiger partial charge in [0.05, 0.1) is 7.11 Å². The minimum atomic E-state index is -1.23. The quantitative estimate of drug-likeness (QED) is 0.157. The average molecular weight is 670 g/mol. The van der Waals surface area contributed by atoms with Crippen LogP contribution in [0.1, 0.15) is 87.6 Å². The second-order valence-corrected chi connectivity index (χ2v) is 12.4. The summed E-state index contributed by atoms with van der Waals surface area (Å²) in [6.45, 7) is 16.0. The van der Waals surface area contributed by atoms with E-state index in [4.69, 9.17) is 35.5 Å². The van der Waals surface area contributed by atoms with E-state index in [1.807, 2.05) is 39.0 Å². The minimum absolute atomic E-state index is 0. The number of hydrogen-bond donors (Lipinski definition) is 1. The number of allylic oxidation sites excluding steroid dienone is 2. The first-order valence-electron chi connectivity index (χ1n) is 16.2. The van der Waals surface area contributed by atoms with Gasteiger partial charge in [-0.15, -0.1) is 33.5 Å². The van der Waals surface area contributed by atoms with Crippen molar-refractivity contribution in [1.82, 2.24) is 15.0 Å². The Balaban J connectivity index is 0.00000468. The van der Waals surface area contributed by atoms with Gasteiger partial charge in [-0.25, -0.2) is 0 Å². The molecule has 0 amide bonds. The van der Waals surface area contributed by atoms with Crippen LogP contribution >= 0.6 is 0 Å². The number of ketones is 1. The molecule has 5 heterocycles. The van der Waals surface area contributed by atoms with Gasteiger partial charge in [-0.05, 0) is 49.7 Å². The molecular weight excluding hydrogens is 631 g/mol. The van der Waals surface area contributed by atoms with E-state index >= 15 is 0 Å². The number of Topliss-reactive ketones (excluding diaryl/α,β-unsaturated/α-hetero) is 1. The Bertz CT molecular complexity index is 2070. The third kappa shape index (κ3) is 5.98. The standard InChI is InChI=1S/C38H40N5O5.Mg/c1-8-13-48-31(44)12-11-23-19(5)26-15-30-24(17-39)22(10-3)29(41-30)14-25-18(4)21(9-2)28(40-25)16-27-20(6)32-36(43-27)33(35(23)42-26)34(37(32)45)38(46)47-7;/h8,10,14-16,19,23,34H,1,3,9,11-13,17,39H2,2,4-7H3,(H-,42,43,45);/q-3;+2/p-1/b25-14-,26-15+,28-16-;/t19-,23-,34+;/m0./s1. The number of rotatable bonds is 9. The predicted molar refractivity (Wildman–Crippen MR) is 189 cm³/mol. The molecule has 3 aliphatic rings. The minimum Gasteiger partial charge on any atom is -0.664 e. The maximum atomic E-state index is 14.1. The normalized spacial score (nSPS) is 22.9. The Morgan fingerprint density at radius 1 is 1.00 bits per heavy atom. The van der Waals surface area contributed by atoms with Crippen molar-refractivity contribution in [3.63, 3.8) is 0 Å². The summed E-state index contributed by atoms with van der Waals surface area (Å²) in [6.07, 6.45) is 10.2. The van der Waals surface area contributed by atoms with E-state index in [1.165, 1.54) is 13.2 Å². The molecule has 3 aromatic rings. The van der Waals surface area contributed by atoms with Crippen molar-refractivity contribution in [2.24, 2.45) is 23.5 Å². The van der Waals surface area contributed by atoms with E-state index in [9.17, 15) is 14.4 Å². The summed E-state index contributed by atoms with van der Waals surface area (Å²) >= 11 is 0. The number of esters is 2. The zero-order valence-electron chi connectivity index (χ0n) is 28.7. The van der Waals surface area contributed by atoms with Gasteiger partial charge in [-0.2, -0.15) is 11.4 Å². The molecule has 11 heteroatoms. The van der Waals surface area contributed by atoms with Gasteiger partial charge >= 0.3 is 35.0 Å². The molecule has 0 saturated carbocycles. The van der Waals surface area contributed by atoms with Crippen LogP contribution < -0.4 is 31.4 Å². The summed E-state index contributed by atoms with van der Waals surface area (Å²) in [5.41, 5.74) is 15.0. The van der Waals surface area contributed by atoms with E-state index in [1.54, 1.807) is 6.08 Å². The first kappa shape index (κ1) is 36.0. The van der Waals surface area contributed by atoms with Gasteiger partial charge < -0.3 is 35.5 Å². The van der Waals surface area contributed by atoms with Crippen molar-refractivity contribution in [2.45, 2.75) is 53.5 Å². The van der Waals surface area contributed by atoms with Crippen LogP contribution in [-0.4, -0.2) is 54.5 Å². The Morgan fingerprint density at radius 3 is 2.39 bits per heavy atom. The largest absolute Gasteiger partial charge is 2.00 e. The van der Waals surface area contributed by atoms with Crippen molar-refractivity contribution in [3.05, 3.63) is 103 Å². The SMILES string of the molecule is C=CCOC(=O)CC[C@@H]1/C2=C3/c4[n-]c(c(C)c4C(=O)[C@@H]3C(=O)OC)/C=c3\[n-]/c(c(C)c3CC)=C\c3[n-]c(c(CN)c3C=C)/C=C(/[N-]2)[C@H]1C.[Mg+2]. The Kier molecular flexibility index (Phi) is 10.5. The van der Waals surface area contributed by atoms with Crippen molar-refractivity contribution < 1.29 is 23.9 Å². The number of methoxy groups -OCH3 is 1. The van der Waals surface area contributed by atoms with Crippen molar-refractivity contribution >= 4 is 70.7 Å². The van der Waals surface area contributed by atoms with Crippen molar-refractivity contribution in [2.75, 3.05) is 13.7 Å². The van der Waals surface area contributed by atoms with Gasteiger partial charge in [0.1, 0.15) is 12.5 Å². The summed E-state index contributed by atoms with van der Waals surface area (Å²) in [5.74, 6) is -3.24. The molecule has 250 valence electrons. The van der Waals surface area contributed by atoms with Crippen LogP contribution in [0.4, 0.5) is 0 Å². The molecule has 49 heavy (non-hydrogen) atoms. The number of hydrogen-bond acceptors (Lipinski definition) is 6. The molecule has 2 N–H and O–H groups in total. The summed E-state index contributed by atoms with van der Waals surface area (Å²) in [7, 11) is 1.26. The third-order valence-electron chi connectivity index (χ3n) is 9.82. The Hall–Kier alpha value is -4.32. The van der Waals surface area contributed by atoms with Gasteiger partial charge in [-0.1, -0.05) is 79.6 Å². The van der Waals surface area contributed by atoms with Gasteiger partial charge in [0.25, 0.3) is 0 Å². The smallest absolute Gasteiger partial charge is 0.664 e. The van der Waals surface area contributed by atoms with Crippen LogP contribution in [0.3, 0.4) is 0 Å². The maximum absolute atomic E-state index is 14.1. The molecule has 0 radical (unpaired) electrons. The number of nitrogens with zero attached hydrogens (tertiary/aromatic N) is 4. The summed E-state index contributed by atoms with van der Waals surface area (Å²) in [6, 6.07) is 0. The number of carbonyl (C=O) groups excluding carboxylic acids is 3. The van der Waals surface area contributed by atoms with E-state index < -0.39 is 11.9 Å². The van der Waals surface area contributed by atoms with Crippen LogP contribution in [0, 0.1) is 31.6 Å². The van der Waals surface area contributed by atoms with Crippen molar-refractivity contribution in [3.8, 4) is 0 Å². The topological polar surface area (TPSA) is 152 Å². The number of nitrogens with two attached hydrogens (primary N) is 1. The number of aromatic nitrogens is 3. The van der Waals surface area contributed by atoms with Gasteiger partial charge in [0.15, 0.2) is 5.78 Å². The molecule has 3 atom stereocenters. The molecule has 0 aromatic carbocycles. The van der Waals surface area contributed by atoms with Crippen LogP contribution in [0.2, 0.25) is 0 Å². The molecule has 1 fully saturated rings. The third-order valence-corrected chi connectivity index (χ3v) is 9.82. The first-order valence-corrected chi connectivity index (χ1v) is 16.2. The van der Waals surface area contributed by atoms with Gasteiger partial charge in [-0.3, -0.25) is 14.4 Å². The molecule has 1 aliphatic carbocycles. The fourth-order valence-corrected chi connectivity index (χ4v) is 7.26. The Labute approximate surface area is 301 Å². The second kappa shape index (κ2) is 14.3. The summed E-state index contributed by atoms with van der Waals surface area (Å²) < 4.78 is 10.4. The monoisotopic (exact) mass is 669 g/mol. The second-order valence-electron chi connectivity index (χ2n) is 12.4. The fraction of sp³-hybridized carbons (Fsp3) is 0.342. The van der Waals surface area contributed by atoms with Crippen LogP contribution in [-0.2, 0) is 32.0 Å². The molecule has 0 spiro atoms. The molecule has 0 unspecified atom stereocenters. The maximum Gasteiger partial charge on any atom is 2.00 e. The van der Waals surface area contributed by atoms with Crippen LogP contribution in [0.5, 0.6) is 0 Å². The molecule has 10 nitrogen and oxygen atoms in total. The average Bonchev–Trinajstić information content (AvgIpc) is 3.82. The van der Waals surface area contributed by atoms with Crippen LogP contribution in [0.25, 0.3) is 35.2 Å². The molecule has 3 aromatic heterocycles. The number of ether oxygens (including phenoxy) is 2. The van der Waals surface area contributed by atoms with E-state index in [-0.39, 0.29) is 66.2 Å². The number of fused-ring (bicyclic) bond motifs is 7. The Morgan fingerprint density at radius 2 is 1.73 bits per heavy atom. The summed E-state index contributed by atoms with van der Waals surface area (Å²) in [4.78, 5) is 55.1. The molecule has 1 saturated heterocycles. The van der Waals surface area contributed by atoms with E-state index in [0.717, 1.165) is 39.4 Å². The molecule has 6 rings (SSSR count). The molecular formula is C38H39MgN5O5-2. The zero-order chi connectivity index (χ0) is 34.4. The zero-order valence-corrected chi connectivity index (χ0v) is 30.1. The predicted octanol–water partition coefficient (Wildman–Crippen LogP) is 3.32. The van der Waals surface area contributed by atoms with Crippen LogP contribution in [0.15, 0.2) is 30.6 Å². The van der Waals surface area contributed by atoms with Gasteiger partial charge in [0, 0.05) is 18.5 Å². The van der Waals surface area contributed by atoms with E-state index in [0.29, 0.717) is 57.3 Å². The molecule has 2 aliphatic heterocycles. The van der Waals surface area contributed by atoms with E-state index in [2.05, 4.69) is 20.1 Å². The summed E-state index contributed by atoms with van der Waals surface area (Å²) in [5, 5.41) is 6.65. The van der Waals surface area contributed by atoms with Crippen molar-refractivity contribution in [1.29, 1.82) is 0 Å². The first-order chi connectivity index (χ1) is 23.1. The number of carbonyl (C=O) groups is 3. The molecule has 8 bridgehead atoms. The van der Waals surface area contributed by atoms with Gasteiger partial charge in [0.2, 0.25) is 0 Å².